The van der Waals surface area contributed by atoms with E-state index in [2.05, 4.69) is 32.8 Å². The van der Waals surface area contributed by atoms with E-state index in [0.717, 1.165) is 26.6 Å². The highest BCUT2D eigenvalue weighted by molar-refractivity contribution is 9.11. The van der Waals surface area contributed by atoms with Gasteiger partial charge in [0.15, 0.2) is 0 Å². The van der Waals surface area contributed by atoms with Crippen LogP contribution in [0.4, 0.5) is 0 Å². The van der Waals surface area contributed by atoms with E-state index in [-0.39, 0.29) is 0 Å². The minimum absolute atomic E-state index is 0.644. The molecule has 2 heterocycles. The SMILES string of the molecule is CCc1cc(=S)nc(-c2ccc(Br)s2)[nH]1. The summed E-state index contributed by atoms with van der Waals surface area (Å²) < 4.78 is 1.74. The standard InChI is InChI=1S/C10H9BrN2S2/c1-2-6-5-9(14)13-10(12-6)7-3-4-8(11)15-7/h3-5H,2H2,1H3,(H,12,13,14). The molecule has 5 heteroatoms. The lowest BCUT2D eigenvalue weighted by Gasteiger charge is -2.01. The van der Waals surface area contributed by atoms with Gasteiger partial charge in [0.05, 0.1) is 8.66 Å². The molecule has 0 unspecified atom stereocenters. The predicted octanol–water partition coefficient (Wildman–Crippen LogP) is 4.19. The Bertz CT molecular complexity index is 530. The number of hydrogen-bond acceptors (Lipinski definition) is 3. The van der Waals surface area contributed by atoms with Gasteiger partial charge < -0.3 is 4.98 Å². The van der Waals surface area contributed by atoms with Gasteiger partial charge in [-0.2, -0.15) is 0 Å². The number of aromatic amines is 1. The van der Waals surface area contributed by atoms with Gasteiger partial charge in [0.2, 0.25) is 0 Å². The van der Waals surface area contributed by atoms with Gasteiger partial charge in [-0.05, 0) is 40.5 Å². The van der Waals surface area contributed by atoms with Crippen LogP contribution in [-0.4, -0.2) is 9.97 Å². The normalized spacial score (nSPS) is 10.5. The van der Waals surface area contributed by atoms with Gasteiger partial charge in [0, 0.05) is 5.69 Å². The third kappa shape index (κ3) is 2.53. The number of aryl methyl sites for hydroxylation is 1. The number of halogens is 1. The number of H-pyrrole nitrogens is 1. The number of rotatable bonds is 2. The average Bonchev–Trinajstić information content (AvgIpc) is 2.64. The van der Waals surface area contributed by atoms with Gasteiger partial charge in [0.1, 0.15) is 10.5 Å². The van der Waals surface area contributed by atoms with Crippen LogP contribution in [0.25, 0.3) is 10.7 Å². The molecule has 0 saturated carbocycles. The summed E-state index contributed by atoms with van der Waals surface area (Å²) in [6, 6.07) is 5.94. The molecule has 0 aliphatic carbocycles. The van der Waals surface area contributed by atoms with E-state index in [1.807, 2.05) is 18.2 Å². The van der Waals surface area contributed by atoms with Gasteiger partial charge >= 0.3 is 0 Å². The molecule has 0 atom stereocenters. The lowest BCUT2D eigenvalue weighted by molar-refractivity contribution is 1.00. The van der Waals surface area contributed by atoms with Gasteiger partial charge in [-0.25, -0.2) is 4.98 Å². The monoisotopic (exact) mass is 300 g/mol. The maximum Gasteiger partial charge on any atom is 0.149 e. The summed E-state index contributed by atoms with van der Waals surface area (Å²) in [5, 5.41) is 0. The molecule has 2 rings (SSSR count). The van der Waals surface area contributed by atoms with Crippen molar-refractivity contribution in [2.45, 2.75) is 13.3 Å². The minimum atomic E-state index is 0.644. The second-order valence-electron chi connectivity index (χ2n) is 3.05. The second kappa shape index (κ2) is 4.55. The zero-order valence-corrected chi connectivity index (χ0v) is 11.3. The molecule has 0 spiro atoms. The first kappa shape index (κ1) is 11.0. The number of nitrogens with zero attached hydrogens (tertiary/aromatic N) is 1. The molecule has 2 aromatic rings. The summed E-state index contributed by atoms with van der Waals surface area (Å²) in [5.74, 6) is 0.857. The first-order chi connectivity index (χ1) is 7.19. The highest BCUT2D eigenvalue weighted by atomic mass is 79.9. The molecule has 0 bridgehead atoms. The van der Waals surface area contributed by atoms with Crippen molar-refractivity contribution in [3.8, 4) is 10.7 Å². The molecule has 2 aromatic heterocycles. The van der Waals surface area contributed by atoms with Crippen molar-refractivity contribution in [1.29, 1.82) is 0 Å². The smallest absolute Gasteiger partial charge is 0.149 e. The van der Waals surface area contributed by atoms with Crippen LogP contribution in [0.5, 0.6) is 0 Å². The van der Waals surface area contributed by atoms with Gasteiger partial charge in [-0.3, -0.25) is 0 Å². The number of thiophene rings is 1. The van der Waals surface area contributed by atoms with E-state index >= 15 is 0 Å². The van der Waals surface area contributed by atoms with E-state index in [9.17, 15) is 0 Å². The Balaban J connectivity index is 2.53. The zero-order chi connectivity index (χ0) is 10.8. The Morgan fingerprint density at radius 2 is 2.33 bits per heavy atom. The topological polar surface area (TPSA) is 28.7 Å². The maximum atomic E-state index is 5.12. The summed E-state index contributed by atoms with van der Waals surface area (Å²) in [5.41, 5.74) is 1.12. The van der Waals surface area contributed by atoms with Crippen LogP contribution in [0, 0.1) is 4.64 Å². The predicted molar refractivity (Wildman–Crippen MR) is 69.8 cm³/mol. The van der Waals surface area contributed by atoms with Crippen molar-refractivity contribution < 1.29 is 0 Å². The fraction of sp³-hybridized carbons (Fsp3) is 0.200. The fourth-order valence-electron chi connectivity index (χ4n) is 1.26. The fourth-order valence-corrected chi connectivity index (χ4v) is 2.82. The summed E-state index contributed by atoms with van der Waals surface area (Å²) in [7, 11) is 0. The third-order valence-electron chi connectivity index (χ3n) is 1.99. The third-order valence-corrected chi connectivity index (χ3v) is 3.83. The lowest BCUT2D eigenvalue weighted by atomic mass is 10.3. The van der Waals surface area contributed by atoms with Crippen molar-refractivity contribution in [3.05, 3.63) is 32.3 Å². The van der Waals surface area contributed by atoms with Crippen LogP contribution < -0.4 is 0 Å². The van der Waals surface area contributed by atoms with E-state index in [1.54, 1.807) is 11.3 Å². The molecule has 0 aliphatic heterocycles. The molecule has 78 valence electrons. The van der Waals surface area contributed by atoms with Crippen molar-refractivity contribution in [2.24, 2.45) is 0 Å². The van der Waals surface area contributed by atoms with Crippen molar-refractivity contribution >= 4 is 39.5 Å². The molecule has 2 nitrogen and oxygen atoms in total. The molecule has 0 aromatic carbocycles. The van der Waals surface area contributed by atoms with Crippen LogP contribution in [-0.2, 0) is 6.42 Å². The van der Waals surface area contributed by atoms with E-state index in [4.69, 9.17) is 12.2 Å². The molecule has 0 aliphatic rings. The summed E-state index contributed by atoms with van der Waals surface area (Å²) >= 11 is 10.2. The number of nitrogens with one attached hydrogen (secondary N) is 1. The van der Waals surface area contributed by atoms with E-state index in [1.165, 1.54) is 0 Å². The minimum Gasteiger partial charge on any atom is -0.342 e. The van der Waals surface area contributed by atoms with Crippen LogP contribution in [0.1, 0.15) is 12.6 Å². The maximum absolute atomic E-state index is 5.12. The Kier molecular flexibility index (Phi) is 3.33. The van der Waals surface area contributed by atoms with Gasteiger partial charge in [0.25, 0.3) is 0 Å². The Hall–Kier alpha value is -0.520. The quantitative estimate of drug-likeness (QED) is 0.842. The van der Waals surface area contributed by atoms with Crippen molar-refractivity contribution in [2.75, 3.05) is 0 Å². The van der Waals surface area contributed by atoms with Gasteiger partial charge in [-0.15, -0.1) is 11.3 Å². The Morgan fingerprint density at radius 1 is 1.53 bits per heavy atom. The largest absolute Gasteiger partial charge is 0.342 e. The molecular formula is C10H9BrN2S2. The molecule has 1 N–H and O–H groups in total. The lowest BCUT2D eigenvalue weighted by Crippen LogP contribution is -1.93. The molecule has 0 fully saturated rings. The second-order valence-corrected chi connectivity index (χ2v) is 5.93. The summed E-state index contributed by atoms with van der Waals surface area (Å²) in [6.07, 6.45) is 0.936. The van der Waals surface area contributed by atoms with Crippen LogP contribution in [0.2, 0.25) is 0 Å². The number of aromatic nitrogens is 2. The van der Waals surface area contributed by atoms with Crippen LogP contribution in [0.3, 0.4) is 0 Å². The van der Waals surface area contributed by atoms with E-state index in [0.29, 0.717) is 4.64 Å². The van der Waals surface area contributed by atoms with Crippen molar-refractivity contribution in [1.82, 2.24) is 9.97 Å². The number of hydrogen-bond donors (Lipinski definition) is 1. The van der Waals surface area contributed by atoms with Crippen molar-refractivity contribution in [3.63, 3.8) is 0 Å². The summed E-state index contributed by atoms with van der Waals surface area (Å²) in [6.45, 7) is 2.09. The molecular weight excluding hydrogens is 292 g/mol. The molecule has 0 saturated heterocycles. The Morgan fingerprint density at radius 3 is 2.93 bits per heavy atom. The molecule has 0 amide bonds. The highest BCUT2D eigenvalue weighted by Crippen LogP contribution is 2.28. The molecule has 15 heavy (non-hydrogen) atoms. The van der Waals surface area contributed by atoms with Crippen LogP contribution in [0.15, 0.2) is 22.0 Å². The Labute approximate surface area is 106 Å². The van der Waals surface area contributed by atoms with Crippen LogP contribution >= 0.6 is 39.5 Å². The molecule has 0 radical (unpaired) electrons. The first-order valence-corrected chi connectivity index (χ1v) is 6.57. The average molecular weight is 301 g/mol. The summed E-state index contributed by atoms with van der Waals surface area (Å²) in [4.78, 5) is 8.69. The first-order valence-electron chi connectivity index (χ1n) is 4.55. The zero-order valence-electron chi connectivity index (χ0n) is 8.08. The highest BCUT2D eigenvalue weighted by Gasteiger charge is 2.04. The van der Waals surface area contributed by atoms with Gasteiger partial charge in [-0.1, -0.05) is 19.1 Å². The van der Waals surface area contributed by atoms with E-state index < -0.39 is 0 Å².